The first kappa shape index (κ1) is 22.9. The zero-order valence-corrected chi connectivity index (χ0v) is 19.2. The van der Waals surface area contributed by atoms with Gasteiger partial charge in [0.05, 0.1) is 23.6 Å². The molecule has 0 atom stereocenters. The number of carbonyl (C=O) groups is 2. The van der Waals surface area contributed by atoms with Crippen LogP contribution in [0.15, 0.2) is 29.4 Å². The Morgan fingerprint density at radius 2 is 1.97 bits per heavy atom. The number of aryl methyl sites for hydroxylation is 2. The molecule has 3 rings (SSSR count). The Bertz CT molecular complexity index is 1080. The Labute approximate surface area is 187 Å². The summed E-state index contributed by atoms with van der Waals surface area (Å²) >= 11 is 2.68. The van der Waals surface area contributed by atoms with Crippen LogP contribution in [0.25, 0.3) is 0 Å². The van der Waals surface area contributed by atoms with E-state index in [4.69, 9.17) is 0 Å². The van der Waals surface area contributed by atoms with E-state index in [0.29, 0.717) is 16.1 Å². The third-order valence-electron chi connectivity index (χ3n) is 4.38. The van der Waals surface area contributed by atoms with Crippen LogP contribution >= 0.6 is 23.1 Å². The Balaban J connectivity index is 1.62. The van der Waals surface area contributed by atoms with Crippen LogP contribution in [0, 0.1) is 19.7 Å². The van der Waals surface area contributed by atoms with Crippen LogP contribution < -0.4 is 10.6 Å². The van der Waals surface area contributed by atoms with Gasteiger partial charge in [0.2, 0.25) is 5.91 Å². The van der Waals surface area contributed by atoms with Crippen molar-refractivity contribution in [1.29, 1.82) is 0 Å². The first-order valence-electron chi connectivity index (χ1n) is 9.59. The number of amides is 2. The number of rotatable bonds is 8. The average molecular weight is 463 g/mol. The minimum Gasteiger partial charge on any atom is -0.345 e. The summed E-state index contributed by atoms with van der Waals surface area (Å²) < 4.78 is 15.6. The molecule has 11 heteroatoms. The summed E-state index contributed by atoms with van der Waals surface area (Å²) in [6, 6.07) is 5.79. The number of halogens is 1. The van der Waals surface area contributed by atoms with Crippen molar-refractivity contribution >= 4 is 40.0 Å². The van der Waals surface area contributed by atoms with E-state index in [-0.39, 0.29) is 29.8 Å². The maximum atomic E-state index is 13.8. The predicted molar refractivity (Wildman–Crippen MR) is 119 cm³/mol. The fourth-order valence-corrected chi connectivity index (χ4v) is 4.47. The third kappa shape index (κ3) is 5.67. The number of benzene rings is 1. The van der Waals surface area contributed by atoms with Crippen molar-refractivity contribution in [3.8, 4) is 0 Å². The number of thioether (sulfide) groups is 1. The highest BCUT2D eigenvalue weighted by Gasteiger charge is 2.18. The molecule has 1 aromatic carbocycles. The third-order valence-corrected chi connectivity index (χ3v) is 6.32. The topological polar surface area (TPSA) is 102 Å². The summed E-state index contributed by atoms with van der Waals surface area (Å²) in [6.07, 6.45) is 0. The maximum absolute atomic E-state index is 13.8. The smallest absolute Gasteiger partial charge is 0.254 e. The molecule has 0 aliphatic heterocycles. The van der Waals surface area contributed by atoms with Crippen molar-refractivity contribution in [2.24, 2.45) is 0 Å². The summed E-state index contributed by atoms with van der Waals surface area (Å²) in [5, 5.41) is 14.9. The molecule has 2 aromatic heterocycles. The Morgan fingerprint density at radius 3 is 2.61 bits per heavy atom. The summed E-state index contributed by atoms with van der Waals surface area (Å²) in [5.41, 5.74) is 0.867. The van der Waals surface area contributed by atoms with E-state index in [1.165, 1.54) is 41.3 Å². The molecule has 164 valence electrons. The van der Waals surface area contributed by atoms with Gasteiger partial charge in [-0.05, 0) is 39.8 Å². The number of nitrogens with one attached hydrogen (secondary N) is 2. The van der Waals surface area contributed by atoms with Crippen LogP contribution in [-0.2, 0) is 11.3 Å². The molecular weight excluding hydrogens is 439 g/mol. The Kier molecular flexibility index (Phi) is 7.39. The van der Waals surface area contributed by atoms with Crippen LogP contribution in [0.5, 0.6) is 0 Å². The minimum atomic E-state index is -0.585. The lowest BCUT2D eigenvalue weighted by Gasteiger charge is -2.14. The quantitative estimate of drug-likeness (QED) is 0.495. The highest BCUT2D eigenvalue weighted by molar-refractivity contribution is 7.99. The molecule has 2 heterocycles. The molecule has 31 heavy (non-hydrogen) atoms. The van der Waals surface area contributed by atoms with Crippen molar-refractivity contribution in [1.82, 2.24) is 25.1 Å². The number of anilines is 1. The fourth-order valence-electron chi connectivity index (χ4n) is 2.76. The minimum absolute atomic E-state index is 0.00480. The lowest BCUT2D eigenvalue weighted by molar-refractivity contribution is -0.113. The largest absolute Gasteiger partial charge is 0.345 e. The van der Waals surface area contributed by atoms with E-state index >= 15 is 0 Å². The zero-order valence-electron chi connectivity index (χ0n) is 17.6. The van der Waals surface area contributed by atoms with E-state index < -0.39 is 11.7 Å². The molecule has 0 spiro atoms. The van der Waals surface area contributed by atoms with Crippen molar-refractivity contribution in [2.45, 2.75) is 45.4 Å². The number of aromatic nitrogens is 4. The molecule has 0 saturated carbocycles. The Morgan fingerprint density at radius 1 is 1.23 bits per heavy atom. The fraction of sp³-hybridized carbons (Fsp3) is 0.350. The second kappa shape index (κ2) is 10.0. The van der Waals surface area contributed by atoms with E-state index in [2.05, 4.69) is 25.8 Å². The lowest BCUT2D eigenvalue weighted by atomic mass is 10.2. The first-order valence-corrected chi connectivity index (χ1v) is 11.4. The van der Waals surface area contributed by atoms with Gasteiger partial charge in [0, 0.05) is 10.9 Å². The molecule has 0 radical (unpaired) electrons. The molecule has 0 aliphatic carbocycles. The second-order valence-corrected chi connectivity index (χ2v) is 9.17. The summed E-state index contributed by atoms with van der Waals surface area (Å²) in [7, 11) is 0. The normalized spacial score (nSPS) is 11.0. The molecule has 3 aromatic rings. The van der Waals surface area contributed by atoms with Gasteiger partial charge in [-0.15, -0.1) is 21.5 Å². The zero-order chi connectivity index (χ0) is 22.5. The van der Waals surface area contributed by atoms with Crippen LogP contribution in [0.4, 0.5) is 9.52 Å². The Hall–Kier alpha value is -2.79. The van der Waals surface area contributed by atoms with Crippen molar-refractivity contribution in [3.63, 3.8) is 0 Å². The maximum Gasteiger partial charge on any atom is 0.254 e. The van der Waals surface area contributed by atoms with Gasteiger partial charge in [0.25, 0.3) is 5.91 Å². The van der Waals surface area contributed by atoms with Gasteiger partial charge in [-0.2, -0.15) is 0 Å². The number of nitrogens with zero attached hydrogens (tertiary/aromatic N) is 4. The highest BCUT2D eigenvalue weighted by atomic mass is 32.2. The van der Waals surface area contributed by atoms with E-state index in [0.717, 1.165) is 10.6 Å². The SMILES string of the molecule is Cc1nc(NC(=O)CSc2nnc(CNC(=O)c3ccccc3F)n2C(C)C)sc1C. The van der Waals surface area contributed by atoms with E-state index in [1.807, 2.05) is 32.3 Å². The summed E-state index contributed by atoms with van der Waals surface area (Å²) in [5.74, 6) is -0.637. The molecule has 0 unspecified atom stereocenters. The van der Waals surface area contributed by atoms with Gasteiger partial charge in [-0.1, -0.05) is 23.9 Å². The molecule has 0 aliphatic rings. The van der Waals surface area contributed by atoms with Gasteiger partial charge >= 0.3 is 0 Å². The molecule has 8 nitrogen and oxygen atoms in total. The van der Waals surface area contributed by atoms with Crippen LogP contribution in [0.1, 0.15) is 46.6 Å². The lowest BCUT2D eigenvalue weighted by Crippen LogP contribution is -2.26. The summed E-state index contributed by atoms with van der Waals surface area (Å²) in [6.45, 7) is 7.85. The molecule has 2 amide bonds. The molecule has 0 saturated heterocycles. The number of hydrogen-bond acceptors (Lipinski definition) is 7. The van der Waals surface area contributed by atoms with Gasteiger partial charge in [0.1, 0.15) is 5.82 Å². The van der Waals surface area contributed by atoms with Crippen LogP contribution in [0.3, 0.4) is 0 Å². The van der Waals surface area contributed by atoms with Crippen LogP contribution in [0.2, 0.25) is 0 Å². The molecule has 2 N–H and O–H groups in total. The van der Waals surface area contributed by atoms with E-state index in [1.54, 1.807) is 6.07 Å². The van der Waals surface area contributed by atoms with Crippen molar-refractivity contribution in [2.75, 3.05) is 11.1 Å². The monoisotopic (exact) mass is 462 g/mol. The van der Waals surface area contributed by atoms with Crippen molar-refractivity contribution < 1.29 is 14.0 Å². The second-order valence-electron chi connectivity index (χ2n) is 7.02. The van der Waals surface area contributed by atoms with Crippen LogP contribution in [-0.4, -0.2) is 37.3 Å². The number of carbonyl (C=O) groups excluding carboxylic acids is 2. The van der Waals surface area contributed by atoms with Gasteiger partial charge in [-0.25, -0.2) is 9.37 Å². The summed E-state index contributed by atoms with van der Waals surface area (Å²) in [4.78, 5) is 29.9. The highest BCUT2D eigenvalue weighted by Crippen LogP contribution is 2.24. The number of thiazole rings is 1. The predicted octanol–water partition coefficient (Wildman–Crippen LogP) is 3.73. The van der Waals surface area contributed by atoms with Gasteiger partial charge in [-0.3, -0.25) is 9.59 Å². The number of hydrogen-bond donors (Lipinski definition) is 2. The standard InChI is InChI=1S/C20H23FN6O2S2/c1-11(2)27-16(9-22-18(29)14-7-5-6-8-15(14)21)25-26-20(27)30-10-17(28)24-19-23-12(3)13(4)31-19/h5-8,11H,9-10H2,1-4H3,(H,22,29)(H,23,24,28). The van der Waals surface area contributed by atoms with E-state index in [9.17, 15) is 14.0 Å². The van der Waals surface area contributed by atoms with Gasteiger partial charge < -0.3 is 15.2 Å². The first-order chi connectivity index (χ1) is 14.8. The molecule has 0 bridgehead atoms. The average Bonchev–Trinajstić information content (AvgIpc) is 3.27. The van der Waals surface area contributed by atoms with Gasteiger partial charge in [0.15, 0.2) is 16.1 Å². The van der Waals surface area contributed by atoms with Crippen molar-refractivity contribution in [3.05, 3.63) is 52.0 Å². The molecular formula is C20H23FN6O2S2. The molecule has 0 fully saturated rings.